The summed E-state index contributed by atoms with van der Waals surface area (Å²) in [4.78, 5) is 2.84. The van der Waals surface area contributed by atoms with Crippen molar-refractivity contribution in [2.75, 3.05) is 13.2 Å². The minimum atomic E-state index is -0.134. The molecule has 2 aliphatic heterocycles. The van der Waals surface area contributed by atoms with Gasteiger partial charge in [0.1, 0.15) is 0 Å². The van der Waals surface area contributed by atoms with Crippen molar-refractivity contribution >= 4 is 0 Å². The van der Waals surface area contributed by atoms with E-state index in [2.05, 4.69) is 37.7 Å². The average Bonchev–Trinajstić information content (AvgIpc) is 2.39. The maximum atomic E-state index is 8.32. The number of rotatable bonds is 1. The summed E-state index contributed by atoms with van der Waals surface area (Å²) in [5, 5.41) is 3.76. The summed E-state index contributed by atoms with van der Waals surface area (Å²) in [5.74, 6) is 0.863. The highest BCUT2D eigenvalue weighted by Crippen LogP contribution is 2.29. The van der Waals surface area contributed by atoms with Crippen molar-refractivity contribution in [3.8, 4) is 0 Å². The number of ether oxygens (including phenoxy) is 2. The molecule has 2 heterocycles. The van der Waals surface area contributed by atoms with Gasteiger partial charge in [-0.3, -0.25) is 0 Å². The fraction of sp³-hybridized carbons (Fsp3) is 1.00. The third-order valence-corrected chi connectivity index (χ3v) is 4.49. The maximum absolute atomic E-state index is 8.32. The Morgan fingerprint density at radius 1 is 1.00 bits per heavy atom. The van der Waals surface area contributed by atoms with Crippen LogP contribution in [0.4, 0.5) is 0 Å². The zero-order valence-electron chi connectivity index (χ0n) is 14.9. The van der Waals surface area contributed by atoms with Crippen molar-refractivity contribution in [1.29, 1.82) is 0 Å². The summed E-state index contributed by atoms with van der Waals surface area (Å²) >= 11 is 0. The number of hydrogen-bond acceptors (Lipinski definition) is 4. The smallest absolute Gasteiger partial charge is 0.0641 e. The molecule has 0 spiro atoms. The Balaban J connectivity index is 0.000000224. The maximum Gasteiger partial charge on any atom is 0.0641 e. The Morgan fingerprint density at radius 3 is 1.95 bits per heavy atom. The summed E-state index contributed by atoms with van der Waals surface area (Å²) in [6, 6.07) is 0.419. The monoisotopic (exact) mass is 312 g/mol. The predicted molar refractivity (Wildman–Crippen MR) is 88.5 cm³/mol. The molecule has 0 bridgehead atoms. The van der Waals surface area contributed by atoms with E-state index in [0.29, 0.717) is 24.5 Å². The second kappa shape index (κ2) is 7.64. The third-order valence-electron chi connectivity index (χ3n) is 4.49. The highest BCUT2D eigenvalue weighted by atomic mass is 16.5. The normalized spacial score (nSPS) is 36.5. The van der Waals surface area contributed by atoms with E-state index >= 15 is 0 Å². The summed E-state index contributed by atoms with van der Waals surface area (Å²) in [5.41, 5.74) is 14.1. The van der Waals surface area contributed by atoms with Gasteiger partial charge in [-0.15, -0.1) is 0 Å². The Bertz CT molecular complexity index is 405. The van der Waals surface area contributed by atoms with Crippen molar-refractivity contribution in [2.45, 2.75) is 77.7 Å². The molecule has 4 atom stereocenters. The van der Waals surface area contributed by atoms with Crippen LogP contribution < -0.4 is 5.73 Å². The van der Waals surface area contributed by atoms with Gasteiger partial charge < -0.3 is 15.2 Å². The second-order valence-electron chi connectivity index (χ2n) is 7.94. The third kappa shape index (κ3) is 6.13. The highest BCUT2D eigenvalue weighted by molar-refractivity contribution is 4.87. The van der Waals surface area contributed by atoms with Gasteiger partial charge in [-0.1, -0.05) is 19.0 Å². The lowest BCUT2D eigenvalue weighted by Crippen LogP contribution is -2.46. The number of nitrogens with zero attached hydrogens (tertiary/aromatic N) is 3. The molecule has 2 fully saturated rings. The van der Waals surface area contributed by atoms with Crippen LogP contribution in [0.15, 0.2) is 5.11 Å². The van der Waals surface area contributed by atoms with Crippen LogP contribution in [0.2, 0.25) is 0 Å². The van der Waals surface area contributed by atoms with Crippen molar-refractivity contribution < 1.29 is 9.47 Å². The number of azide groups is 1. The van der Waals surface area contributed by atoms with Gasteiger partial charge in [-0.25, -0.2) is 0 Å². The topological polar surface area (TPSA) is 93.2 Å². The van der Waals surface area contributed by atoms with Gasteiger partial charge in [0, 0.05) is 17.0 Å². The van der Waals surface area contributed by atoms with Crippen LogP contribution in [0.3, 0.4) is 0 Å². The molecule has 0 aromatic heterocycles. The van der Waals surface area contributed by atoms with Crippen molar-refractivity contribution in [1.82, 2.24) is 0 Å². The first-order chi connectivity index (χ1) is 10.1. The predicted octanol–water partition coefficient (Wildman–Crippen LogP) is 3.65. The molecule has 0 radical (unpaired) electrons. The molecular formula is C16H32N4O2. The molecule has 6 nitrogen and oxygen atoms in total. The molecule has 128 valence electrons. The molecule has 0 aromatic carbocycles. The molecular weight excluding hydrogens is 280 g/mol. The SMILES string of the molecule is C[C@@H]1COC(C)(C)C[C@@H]1N.C[C@@H]1COC(C)(C)C[C@H]1N=[N+]=[N-]. The molecule has 6 heteroatoms. The minimum Gasteiger partial charge on any atom is -0.375 e. The number of hydrogen-bond donors (Lipinski definition) is 1. The summed E-state index contributed by atoms with van der Waals surface area (Å²) < 4.78 is 11.1. The molecule has 2 N–H and O–H groups in total. The number of nitrogens with two attached hydrogens (primary N) is 1. The molecule has 2 aliphatic rings. The van der Waals surface area contributed by atoms with Gasteiger partial charge >= 0.3 is 0 Å². The van der Waals surface area contributed by atoms with Crippen LogP contribution >= 0.6 is 0 Å². The molecule has 0 amide bonds. The fourth-order valence-electron chi connectivity index (χ4n) is 2.76. The van der Waals surface area contributed by atoms with E-state index in [4.69, 9.17) is 20.7 Å². The van der Waals surface area contributed by atoms with Crippen LogP contribution in [0, 0.1) is 11.8 Å². The zero-order chi connectivity index (χ0) is 17.0. The lowest BCUT2D eigenvalue weighted by Gasteiger charge is -2.37. The van der Waals surface area contributed by atoms with Gasteiger partial charge in [0.25, 0.3) is 0 Å². The Morgan fingerprint density at radius 2 is 1.50 bits per heavy atom. The highest BCUT2D eigenvalue weighted by Gasteiger charge is 2.32. The zero-order valence-corrected chi connectivity index (χ0v) is 14.9. The van der Waals surface area contributed by atoms with Crippen LogP contribution in [0.5, 0.6) is 0 Å². The van der Waals surface area contributed by atoms with E-state index in [0.717, 1.165) is 19.4 Å². The Labute approximate surface area is 134 Å². The molecule has 2 rings (SSSR count). The van der Waals surface area contributed by atoms with Gasteiger partial charge in [0.15, 0.2) is 0 Å². The minimum absolute atomic E-state index is 0.00588. The lowest BCUT2D eigenvalue weighted by molar-refractivity contribution is -0.0810. The van der Waals surface area contributed by atoms with Crippen molar-refractivity contribution in [3.05, 3.63) is 10.4 Å². The van der Waals surface area contributed by atoms with Gasteiger partial charge in [0.2, 0.25) is 0 Å². The van der Waals surface area contributed by atoms with Crippen LogP contribution in [0.1, 0.15) is 54.4 Å². The second-order valence-corrected chi connectivity index (χ2v) is 7.94. The largest absolute Gasteiger partial charge is 0.375 e. The Hall–Kier alpha value is -0.810. The van der Waals surface area contributed by atoms with Crippen LogP contribution in [-0.2, 0) is 9.47 Å². The molecule has 0 aliphatic carbocycles. The summed E-state index contributed by atoms with van der Waals surface area (Å²) in [6.07, 6.45) is 1.80. The first kappa shape index (κ1) is 19.2. The van der Waals surface area contributed by atoms with E-state index in [1.165, 1.54) is 0 Å². The van der Waals surface area contributed by atoms with Crippen molar-refractivity contribution in [3.63, 3.8) is 0 Å². The molecule has 2 saturated heterocycles. The van der Waals surface area contributed by atoms with E-state index in [1.807, 2.05) is 13.8 Å². The summed E-state index contributed by atoms with van der Waals surface area (Å²) in [7, 11) is 0. The first-order valence-corrected chi connectivity index (χ1v) is 8.14. The lowest BCUT2D eigenvalue weighted by atomic mass is 9.88. The molecule has 0 saturated carbocycles. The van der Waals surface area contributed by atoms with Crippen molar-refractivity contribution in [2.24, 2.45) is 22.7 Å². The quantitative estimate of drug-likeness (QED) is 0.455. The molecule has 22 heavy (non-hydrogen) atoms. The van der Waals surface area contributed by atoms with E-state index in [1.54, 1.807) is 0 Å². The van der Waals surface area contributed by atoms with Gasteiger partial charge in [0.05, 0.1) is 24.4 Å². The van der Waals surface area contributed by atoms with E-state index < -0.39 is 0 Å². The average molecular weight is 312 g/mol. The van der Waals surface area contributed by atoms with Gasteiger partial charge in [-0.05, 0) is 57.9 Å². The molecule has 0 aromatic rings. The van der Waals surface area contributed by atoms with Gasteiger partial charge in [-0.2, -0.15) is 0 Å². The van der Waals surface area contributed by atoms with Crippen LogP contribution in [0.25, 0.3) is 10.4 Å². The molecule has 0 unspecified atom stereocenters. The van der Waals surface area contributed by atoms with E-state index in [-0.39, 0.29) is 17.2 Å². The Kier molecular flexibility index (Phi) is 6.68. The summed E-state index contributed by atoms with van der Waals surface area (Å²) in [6.45, 7) is 13.9. The van der Waals surface area contributed by atoms with E-state index in [9.17, 15) is 0 Å². The first-order valence-electron chi connectivity index (χ1n) is 8.14. The standard InChI is InChI=1S/C8H15N3O.C8H17NO/c1-6-5-12-8(2,3)4-7(6)10-11-9;1-6-5-10-8(2,3)4-7(6)9/h6-7H,4-5H2,1-3H3;6-7H,4-5,9H2,1-3H3/t6-,7-;6-,7+/m11/s1. The van der Waals surface area contributed by atoms with Crippen LogP contribution in [-0.4, -0.2) is 36.5 Å². The fourth-order valence-corrected chi connectivity index (χ4v) is 2.76.